The molecule has 0 unspecified atom stereocenters. The second-order valence-corrected chi connectivity index (χ2v) is 2.67. The number of Topliss-reactive ketones (excluding diaryl/α,β-unsaturated/α-hetero) is 1. The molecule has 0 heterocycles. The van der Waals surface area contributed by atoms with Crippen LogP contribution in [0.3, 0.4) is 0 Å². The van der Waals surface area contributed by atoms with Gasteiger partial charge in [-0.2, -0.15) is 0 Å². The molecule has 10 heavy (non-hydrogen) atoms. The Bertz CT molecular complexity index is 180. The van der Waals surface area contributed by atoms with Gasteiger partial charge in [-0.05, 0) is 38.1 Å². The van der Waals surface area contributed by atoms with Gasteiger partial charge in [-0.15, -0.1) is 0 Å². The first-order valence-electron chi connectivity index (χ1n) is 3.20. The van der Waals surface area contributed by atoms with E-state index in [2.05, 4.69) is 12.2 Å². The van der Waals surface area contributed by atoms with E-state index < -0.39 is 0 Å². The van der Waals surface area contributed by atoms with E-state index in [4.69, 9.17) is 0 Å². The van der Waals surface area contributed by atoms with Crippen LogP contribution in [0, 0.1) is 0 Å². The van der Waals surface area contributed by atoms with Gasteiger partial charge in [-0.25, -0.2) is 0 Å². The number of carbonyl (C=O) groups excluding carboxylic acids is 1. The predicted octanol–water partition coefficient (Wildman–Crippen LogP) is 2.30. The van der Waals surface area contributed by atoms with Crippen LogP contribution in [0.25, 0.3) is 0 Å². The molecule has 0 aliphatic heterocycles. The Labute approximate surface area is 67.1 Å². The van der Waals surface area contributed by atoms with E-state index in [1.807, 2.05) is 13.8 Å². The van der Waals surface area contributed by atoms with Crippen LogP contribution in [0.5, 0.6) is 0 Å². The standard InChI is InChI=1S/C8H12OS/c1-6(4-5-10)7(2)8(3)9/h5H,4H2,1-3H3. The topological polar surface area (TPSA) is 17.1 Å². The largest absolute Gasteiger partial charge is 0.295 e. The van der Waals surface area contributed by atoms with Gasteiger partial charge in [0.15, 0.2) is 5.78 Å². The van der Waals surface area contributed by atoms with Gasteiger partial charge in [-0.1, -0.05) is 17.8 Å². The molecule has 0 fully saturated rings. The highest BCUT2D eigenvalue weighted by Crippen LogP contribution is 2.06. The lowest BCUT2D eigenvalue weighted by atomic mass is 10.1. The summed E-state index contributed by atoms with van der Waals surface area (Å²) in [5, 5.41) is 1.64. The molecule has 0 spiro atoms. The molecule has 0 amide bonds. The van der Waals surface area contributed by atoms with Gasteiger partial charge < -0.3 is 0 Å². The van der Waals surface area contributed by atoms with Crippen molar-refractivity contribution in [3.05, 3.63) is 11.1 Å². The Morgan fingerprint density at radius 3 is 2.20 bits per heavy atom. The highest BCUT2D eigenvalue weighted by atomic mass is 32.1. The fourth-order valence-corrected chi connectivity index (χ4v) is 0.829. The molecule has 2 heteroatoms. The summed E-state index contributed by atoms with van der Waals surface area (Å²) in [4.78, 5) is 10.8. The van der Waals surface area contributed by atoms with Crippen LogP contribution >= 0.6 is 12.2 Å². The van der Waals surface area contributed by atoms with E-state index >= 15 is 0 Å². The van der Waals surface area contributed by atoms with Gasteiger partial charge in [-0.3, -0.25) is 4.79 Å². The van der Waals surface area contributed by atoms with E-state index in [1.54, 1.807) is 12.3 Å². The van der Waals surface area contributed by atoms with Gasteiger partial charge in [0.2, 0.25) is 0 Å². The van der Waals surface area contributed by atoms with Crippen molar-refractivity contribution in [1.29, 1.82) is 0 Å². The van der Waals surface area contributed by atoms with Crippen molar-refractivity contribution < 1.29 is 4.79 Å². The van der Waals surface area contributed by atoms with Crippen molar-refractivity contribution in [3.8, 4) is 0 Å². The smallest absolute Gasteiger partial charge is 0.155 e. The molecule has 0 rings (SSSR count). The lowest BCUT2D eigenvalue weighted by molar-refractivity contribution is -0.113. The Balaban J connectivity index is 4.33. The average molecular weight is 156 g/mol. The summed E-state index contributed by atoms with van der Waals surface area (Å²) < 4.78 is 0. The third-order valence-corrected chi connectivity index (χ3v) is 1.72. The van der Waals surface area contributed by atoms with Crippen LogP contribution in [0.4, 0.5) is 0 Å². The zero-order valence-electron chi connectivity index (χ0n) is 6.60. The lowest BCUT2D eigenvalue weighted by Crippen LogP contribution is -1.95. The first kappa shape index (κ1) is 9.50. The molecule has 1 nitrogen and oxygen atoms in total. The van der Waals surface area contributed by atoms with Crippen LogP contribution in [-0.2, 0) is 4.79 Å². The average Bonchev–Trinajstić information content (AvgIpc) is 1.87. The molecule has 0 aromatic carbocycles. The number of hydrogen-bond donors (Lipinski definition) is 0. The molecule has 0 N–H and O–H groups in total. The zero-order valence-corrected chi connectivity index (χ0v) is 7.42. The molecule has 0 saturated heterocycles. The van der Waals surface area contributed by atoms with Crippen LogP contribution in [0.15, 0.2) is 11.1 Å². The fraction of sp³-hybridized carbons (Fsp3) is 0.500. The van der Waals surface area contributed by atoms with E-state index in [1.165, 1.54) is 0 Å². The summed E-state index contributed by atoms with van der Waals surface area (Å²) in [6, 6.07) is 0. The quantitative estimate of drug-likeness (QED) is 0.460. The van der Waals surface area contributed by atoms with Crippen molar-refractivity contribution in [3.63, 3.8) is 0 Å². The van der Waals surface area contributed by atoms with Crippen LogP contribution in [0.2, 0.25) is 0 Å². The Morgan fingerprint density at radius 2 is 1.90 bits per heavy atom. The molecule has 0 radical (unpaired) electrons. The molecular weight excluding hydrogens is 144 g/mol. The Hall–Kier alpha value is -0.500. The summed E-state index contributed by atoms with van der Waals surface area (Å²) in [5.41, 5.74) is 1.91. The summed E-state index contributed by atoms with van der Waals surface area (Å²) >= 11 is 4.66. The second kappa shape index (κ2) is 4.34. The third-order valence-electron chi connectivity index (χ3n) is 1.56. The van der Waals surface area contributed by atoms with Gasteiger partial charge in [0.05, 0.1) is 0 Å². The normalized spacial score (nSPS) is 12.3. The van der Waals surface area contributed by atoms with Crippen molar-refractivity contribution in [2.45, 2.75) is 27.2 Å². The molecule has 0 saturated carbocycles. The highest BCUT2D eigenvalue weighted by molar-refractivity contribution is 7.79. The number of thiocarbonyl (C=S) groups is 1. The van der Waals surface area contributed by atoms with Gasteiger partial charge in [0.25, 0.3) is 0 Å². The lowest BCUT2D eigenvalue weighted by Gasteiger charge is -1.99. The highest BCUT2D eigenvalue weighted by Gasteiger charge is 1.99. The van der Waals surface area contributed by atoms with Gasteiger partial charge in [0.1, 0.15) is 0 Å². The number of rotatable bonds is 3. The Kier molecular flexibility index (Phi) is 4.12. The molecule has 0 aromatic rings. The van der Waals surface area contributed by atoms with Crippen LogP contribution in [-0.4, -0.2) is 11.2 Å². The summed E-state index contributed by atoms with van der Waals surface area (Å²) in [5.74, 6) is 0.134. The van der Waals surface area contributed by atoms with E-state index in [9.17, 15) is 4.79 Å². The van der Waals surface area contributed by atoms with Gasteiger partial charge >= 0.3 is 0 Å². The molecular formula is C8H12OS. The van der Waals surface area contributed by atoms with Gasteiger partial charge in [0, 0.05) is 0 Å². The maximum Gasteiger partial charge on any atom is 0.155 e. The molecule has 0 atom stereocenters. The van der Waals surface area contributed by atoms with E-state index in [0.717, 1.165) is 17.6 Å². The second-order valence-electron chi connectivity index (χ2n) is 2.33. The zero-order chi connectivity index (χ0) is 8.15. The minimum Gasteiger partial charge on any atom is -0.295 e. The number of hydrogen-bond acceptors (Lipinski definition) is 2. The van der Waals surface area contributed by atoms with Crippen molar-refractivity contribution >= 4 is 23.4 Å². The van der Waals surface area contributed by atoms with Crippen molar-refractivity contribution in [1.82, 2.24) is 0 Å². The van der Waals surface area contributed by atoms with Crippen LogP contribution < -0.4 is 0 Å². The van der Waals surface area contributed by atoms with E-state index in [-0.39, 0.29) is 5.78 Å². The molecule has 0 aliphatic rings. The maximum atomic E-state index is 10.8. The Morgan fingerprint density at radius 1 is 1.40 bits per heavy atom. The number of carbonyl (C=O) groups is 1. The van der Waals surface area contributed by atoms with Crippen LogP contribution in [0.1, 0.15) is 27.2 Å². The minimum absolute atomic E-state index is 0.134. The van der Waals surface area contributed by atoms with Crippen molar-refractivity contribution in [2.24, 2.45) is 0 Å². The first-order valence-corrected chi connectivity index (χ1v) is 3.67. The third kappa shape index (κ3) is 2.87. The first-order chi connectivity index (χ1) is 4.59. The predicted molar refractivity (Wildman–Crippen MR) is 47.3 cm³/mol. The van der Waals surface area contributed by atoms with E-state index in [0.29, 0.717) is 0 Å². The fourth-order valence-electron chi connectivity index (χ4n) is 0.579. The number of ketones is 1. The molecule has 0 aliphatic carbocycles. The SMILES string of the molecule is CC(=O)C(C)=C(C)CC=S. The van der Waals surface area contributed by atoms with Crippen molar-refractivity contribution in [2.75, 3.05) is 0 Å². The molecule has 56 valence electrons. The summed E-state index contributed by atoms with van der Waals surface area (Å²) in [6.45, 7) is 5.33. The summed E-state index contributed by atoms with van der Waals surface area (Å²) in [7, 11) is 0. The minimum atomic E-state index is 0.134. The number of allylic oxidation sites excluding steroid dienone is 2. The monoisotopic (exact) mass is 156 g/mol. The molecule has 0 bridgehead atoms. The maximum absolute atomic E-state index is 10.8. The molecule has 0 aromatic heterocycles. The summed E-state index contributed by atoms with van der Waals surface area (Å²) in [6.07, 6.45) is 0.737.